The van der Waals surface area contributed by atoms with Crippen LogP contribution in [0.2, 0.25) is 0 Å². The first-order valence-electron chi connectivity index (χ1n) is 6.80. The number of hydrogen-bond donors (Lipinski definition) is 1. The van der Waals surface area contributed by atoms with Gasteiger partial charge in [-0.2, -0.15) is 16.7 Å². The van der Waals surface area contributed by atoms with E-state index in [1.54, 1.807) is 16.3 Å². The average Bonchev–Trinajstić information content (AvgIpc) is 2.39. The number of nitrogens with zero attached hydrogens (tertiary/aromatic N) is 2. The van der Waals surface area contributed by atoms with Crippen LogP contribution in [0.15, 0.2) is 4.79 Å². The van der Waals surface area contributed by atoms with Crippen molar-refractivity contribution in [3.63, 3.8) is 0 Å². The maximum absolute atomic E-state index is 12.2. The van der Waals surface area contributed by atoms with Gasteiger partial charge in [0.1, 0.15) is 0 Å². The van der Waals surface area contributed by atoms with E-state index in [9.17, 15) is 9.59 Å². The Bertz CT molecular complexity index is 540. The molecule has 0 aliphatic rings. The molecule has 0 aromatic carbocycles. The van der Waals surface area contributed by atoms with Gasteiger partial charge in [0.05, 0.1) is 12.1 Å². The van der Waals surface area contributed by atoms with Crippen LogP contribution in [0.3, 0.4) is 0 Å². The quantitative estimate of drug-likeness (QED) is 0.832. The number of aryl methyl sites for hydroxylation is 1. The van der Waals surface area contributed by atoms with Gasteiger partial charge in [-0.05, 0) is 26.0 Å². The van der Waals surface area contributed by atoms with Gasteiger partial charge >= 0.3 is 11.7 Å². The van der Waals surface area contributed by atoms with Gasteiger partial charge in [0.15, 0.2) is 0 Å². The van der Waals surface area contributed by atoms with E-state index in [1.807, 2.05) is 27.0 Å². The smallest absolute Gasteiger partial charge is 0.348 e. The first kappa shape index (κ1) is 16.8. The van der Waals surface area contributed by atoms with Crippen molar-refractivity contribution in [2.45, 2.75) is 46.1 Å². The summed E-state index contributed by atoms with van der Waals surface area (Å²) in [5.74, 6) is -0.0917. The molecule has 0 saturated heterocycles. The van der Waals surface area contributed by atoms with Crippen molar-refractivity contribution in [3.05, 3.63) is 27.4 Å². The van der Waals surface area contributed by atoms with Crippen molar-refractivity contribution in [2.75, 3.05) is 12.0 Å². The van der Waals surface area contributed by atoms with Crippen LogP contribution < -0.4 is 5.69 Å². The van der Waals surface area contributed by atoms with Crippen LogP contribution in [0.4, 0.5) is 0 Å². The third-order valence-electron chi connectivity index (χ3n) is 3.27. The molecule has 1 aromatic heterocycles. The molecule has 0 saturated carbocycles. The number of aromatic nitrogens is 2. The molecule has 5 nitrogen and oxygen atoms in total. The maximum Gasteiger partial charge on any atom is 0.348 e. The summed E-state index contributed by atoms with van der Waals surface area (Å²) >= 11 is 1.66. The number of aliphatic carboxylic acids is 1. The van der Waals surface area contributed by atoms with Crippen LogP contribution >= 0.6 is 11.8 Å². The highest BCUT2D eigenvalue weighted by atomic mass is 32.2. The lowest BCUT2D eigenvalue weighted by molar-refractivity contribution is -0.136. The lowest BCUT2D eigenvalue weighted by Crippen LogP contribution is -2.33. The van der Waals surface area contributed by atoms with E-state index >= 15 is 0 Å². The number of rotatable bonds is 7. The zero-order valence-corrected chi connectivity index (χ0v) is 13.3. The molecule has 0 radical (unpaired) electrons. The molecule has 0 aliphatic carbocycles. The molecule has 112 valence electrons. The zero-order chi connectivity index (χ0) is 15.3. The fourth-order valence-electron chi connectivity index (χ4n) is 2.47. The molecule has 1 rings (SSSR count). The Kier molecular flexibility index (Phi) is 6.26. The van der Waals surface area contributed by atoms with Crippen molar-refractivity contribution in [2.24, 2.45) is 0 Å². The summed E-state index contributed by atoms with van der Waals surface area (Å²) in [5, 5.41) is 9.09. The van der Waals surface area contributed by atoms with E-state index in [0.29, 0.717) is 24.1 Å². The summed E-state index contributed by atoms with van der Waals surface area (Å²) in [4.78, 5) is 27.4. The number of carboxylic acid groups (broad SMARTS) is 1. The van der Waals surface area contributed by atoms with Gasteiger partial charge in [-0.15, -0.1) is 0 Å². The predicted octanol–water partition coefficient (Wildman–Crippen LogP) is 1.92. The lowest BCUT2D eigenvalue weighted by atomic mass is 10.0. The van der Waals surface area contributed by atoms with Gasteiger partial charge in [0, 0.05) is 23.1 Å². The molecule has 1 heterocycles. The zero-order valence-electron chi connectivity index (χ0n) is 12.5. The van der Waals surface area contributed by atoms with Crippen LogP contribution in [-0.2, 0) is 24.1 Å². The number of thioether (sulfide) groups is 1. The molecule has 6 heteroatoms. The van der Waals surface area contributed by atoms with Crippen molar-refractivity contribution in [1.82, 2.24) is 9.55 Å². The Morgan fingerprint density at radius 1 is 1.40 bits per heavy atom. The maximum atomic E-state index is 12.2. The predicted molar refractivity (Wildman–Crippen MR) is 81.7 cm³/mol. The van der Waals surface area contributed by atoms with E-state index in [4.69, 9.17) is 5.11 Å². The van der Waals surface area contributed by atoms with Crippen LogP contribution in [0.5, 0.6) is 0 Å². The highest BCUT2D eigenvalue weighted by molar-refractivity contribution is 7.98. The van der Waals surface area contributed by atoms with Gasteiger partial charge in [-0.1, -0.05) is 13.8 Å². The van der Waals surface area contributed by atoms with Crippen LogP contribution in [-0.4, -0.2) is 32.6 Å². The van der Waals surface area contributed by atoms with Crippen molar-refractivity contribution in [1.29, 1.82) is 0 Å². The molecule has 0 aliphatic heterocycles. The third-order valence-corrected chi connectivity index (χ3v) is 4.09. The normalized spacial score (nSPS) is 12.4. The average molecular weight is 298 g/mol. The van der Waals surface area contributed by atoms with Crippen LogP contribution in [0, 0.1) is 0 Å². The van der Waals surface area contributed by atoms with Gasteiger partial charge < -0.3 is 5.11 Å². The third kappa shape index (κ3) is 3.62. The second-order valence-electron chi connectivity index (χ2n) is 4.72. The van der Waals surface area contributed by atoms with Crippen molar-refractivity contribution >= 4 is 17.7 Å². The molecular formula is C14H22N2O3S. The molecule has 0 spiro atoms. The number of carboxylic acids is 1. The Morgan fingerprint density at radius 3 is 2.50 bits per heavy atom. The summed E-state index contributed by atoms with van der Waals surface area (Å²) in [5.41, 5.74) is 1.86. The van der Waals surface area contributed by atoms with E-state index in [-0.39, 0.29) is 18.2 Å². The topological polar surface area (TPSA) is 72.2 Å². The molecular weight excluding hydrogens is 276 g/mol. The van der Waals surface area contributed by atoms with Gasteiger partial charge in [0.25, 0.3) is 0 Å². The minimum atomic E-state index is -0.890. The molecule has 1 atom stereocenters. The molecule has 1 unspecified atom stereocenters. The highest BCUT2D eigenvalue weighted by Crippen LogP contribution is 2.19. The summed E-state index contributed by atoms with van der Waals surface area (Å²) in [6.07, 6.45) is 3.11. The number of carbonyl (C=O) groups is 1. The lowest BCUT2D eigenvalue weighted by Gasteiger charge is -2.21. The Labute approximate surface area is 123 Å². The summed E-state index contributed by atoms with van der Waals surface area (Å²) in [6, 6.07) is 0.0124. The van der Waals surface area contributed by atoms with E-state index < -0.39 is 5.97 Å². The van der Waals surface area contributed by atoms with Crippen molar-refractivity contribution < 1.29 is 9.90 Å². The van der Waals surface area contributed by atoms with Gasteiger partial charge in [-0.3, -0.25) is 9.36 Å². The Morgan fingerprint density at radius 2 is 2.05 bits per heavy atom. The van der Waals surface area contributed by atoms with Gasteiger partial charge in [-0.25, -0.2) is 4.79 Å². The minimum absolute atomic E-state index is 0.0124. The number of hydrogen-bond acceptors (Lipinski definition) is 4. The van der Waals surface area contributed by atoms with E-state index in [1.165, 1.54) is 0 Å². The Balaban J connectivity index is 3.51. The summed E-state index contributed by atoms with van der Waals surface area (Å²) in [6.45, 7) is 5.80. The molecule has 20 heavy (non-hydrogen) atoms. The fraction of sp³-hybridized carbons (Fsp3) is 0.643. The fourth-order valence-corrected chi connectivity index (χ4v) is 3.10. The standard InChI is InChI=1S/C14H22N2O3S/c1-5-11-10(7-13(17)18)12(6-2)16(14(19)15-11)9(3)8-20-4/h9H,5-8H2,1-4H3,(H,17,18). The first-order valence-corrected chi connectivity index (χ1v) is 8.19. The minimum Gasteiger partial charge on any atom is -0.481 e. The van der Waals surface area contributed by atoms with Gasteiger partial charge in [0.2, 0.25) is 0 Å². The molecule has 0 amide bonds. The highest BCUT2D eigenvalue weighted by Gasteiger charge is 2.20. The first-order chi connectivity index (χ1) is 9.46. The SMILES string of the molecule is CCc1nc(=O)n(C(C)CSC)c(CC)c1CC(=O)O. The summed E-state index contributed by atoms with van der Waals surface area (Å²) in [7, 11) is 0. The molecule has 1 N–H and O–H groups in total. The second kappa shape index (κ2) is 7.47. The largest absolute Gasteiger partial charge is 0.481 e. The van der Waals surface area contributed by atoms with Crippen molar-refractivity contribution in [3.8, 4) is 0 Å². The molecule has 1 aromatic rings. The van der Waals surface area contributed by atoms with Crippen LogP contribution in [0.25, 0.3) is 0 Å². The van der Waals surface area contributed by atoms with E-state index in [0.717, 1.165) is 11.4 Å². The van der Waals surface area contributed by atoms with E-state index in [2.05, 4.69) is 4.98 Å². The Hall–Kier alpha value is -1.30. The van der Waals surface area contributed by atoms with Crippen LogP contribution in [0.1, 0.15) is 43.8 Å². The molecule has 0 fully saturated rings. The molecule has 0 bridgehead atoms. The monoisotopic (exact) mass is 298 g/mol. The second-order valence-corrected chi connectivity index (χ2v) is 5.63. The summed E-state index contributed by atoms with van der Waals surface area (Å²) < 4.78 is 1.66.